The van der Waals surface area contributed by atoms with Gasteiger partial charge in [0.1, 0.15) is 6.73 Å². The van der Waals surface area contributed by atoms with Gasteiger partial charge in [0.2, 0.25) is 0 Å². The van der Waals surface area contributed by atoms with Crippen molar-refractivity contribution in [1.29, 1.82) is 0 Å². The molecule has 0 aliphatic heterocycles. The number of rotatable bonds is 4. The van der Waals surface area contributed by atoms with Crippen LogP contribution in [0, 0.1) is 0 Å². The largest absolute Gasteiger partial charge is 0.380 e. The Morgan fingerprint density at radius 2 is 2.22 bits per heavy atom. The molecule has 0 heterocycles. The quantitative estimate of drug-likeness (QED) is 0.423. The standard InChI is InChI=1S/C6H16N2O/c1-4-6(2)8(3)7-5-9/h6-7,9H,4-5H2,1-3H3/t6-/m0/s1. The lowest BCUT2D eigenvalue weighted by Crippen LogP contribution is -2.41. The van der Waals surface area contributed by atoms with E-state index in [-0.39, 0.29) is 6.73 Å². The fourth-order valence-corrected chi connectivity index (χ4v) is 0.541. The Kier molecular flexibility index (Phi) is 4.67. The fraction of sp³-hybridized carbons (Fsp3) is 1.00. The Balaban J connectivity index is 3.32. The molecule has 0 unspecified atom stereocenters. The Hall–Kier alpha value is -0.120. The Morgan fingerprint density at radius 1 is 1.67 bits per heavy atom. The first-order valence-electron chi connectivity index (χ1n) is 3.29. The maximum atomic E-state index is 8.43. The SMILES string of the molecule is CC[C@H](C)N(C)NCO. The average Bonchev–Trinajstić information content (AvgIpc) is 1.87. The predicted molar refractivity (Wildman–Crippen MR) is 37.7 cm³/mol. The third-order valence-corrected chi connectivity index (χ3v) is 1.57. The van der Waals surface area contributed by atoms with Crippen molar-refractivity contribution < 1.29 is 5.11 Å². The molecule has 0 aromatic rings. The first-order chi connectivity index (χ1) is 4.22. The van der Waals surface area contributed by atoms with Crippen LogP contribution in [0.3, 0.4) is 0 Å². The van der Waals surface area contributed by atoms with Crippen LogP contribution in [0.5, 0.6) is 0 Å². The van der Waals surface area contributed by atoms with Crippen LogP contribution in [-0.4, -0.2) is 29.9 Å². The van der Waals surface area contributed by atoms with Crippen LogP contribution in [0.1, 0.15) is 20.3 Å². The summed E-state index contributed by atoms with van der Waals surface area (Å²) in [6.07, 6.45) is 1.09. The molecule has 0 fully saturated rings. The van der Waals surface area contributed by atoms with Gasteiger partial charge in [-0.2, -0.15) is 0 Å². The second-order valence-electron chi connectivity index (χ2n) is 2.18. The maximum Gasteiger partial charge on any atom is 0.106 e. The van der Waals surface area contributed by atoms with Gasteiger partial charge >= 0.3 is 0 Å². The first-order valence-corrected chi connectivity index (χ1v) is 3.29. The second kappa shape index (κ2) is 4.73. The van der Waals surface area contributed by atoms with Crippen LogP contribution < -0.4 is 5.43 Å². The maximum absolute atomic E-state index is 8.43. The van der Waals surface area contributed by atoms with Crippen LogP contribution in [0.15, 0.2) is 0 Å². The number of hydrogen-bond acceptors (Lipinski definition) is 3. The highest BCUT2D eigenvalue weighted by molar-refractivity contribution is 4.53. The zero-order valence-electron chi connectivity index (χ0n) is 6.39. The number of hydrogen-bond donors (Lipinski definition) is 2. The monoisotopic (exact) mass is 132 g/mol. The molecular formula is C6H16N2O. The second-order valence-corrected chi connectivity index (χ2v) is 2.18. The molecule has 9 heavy (non-hydrogen) atoms. The lowest BCUT2D eigenvalue weighted by molar-refractivity contribution is 0.101. The van der Waals surface area contributed by atoms with Gasteiger partial charge in [-0.3, -0.25) is 0 Å². The predicted octanol–water partition coefficient (Wildman–Crippen LogP) is 0.171. The van der Waals surface area contributed by atoms with Gasteiger partial charge in [-0.25, -0.2) is 10.4 Å². The Labute approximate surface area is 56.6 Å². The number of nitrogens with zero attached hydrogens (tertiary/aromatic N) is 1. The molecule has 0 saturated carbocycles. The van der Waals surface area contributed by atoms with Gasteiger partial charge in [0.05, 0.1) is 0 Å². The third kappa shape index (κ3) is 3.46. The molecule has 1 atom stereocenters. The number of nitrogens with one attached hydrogen (secondary N) is 1. The minimum Gasteiger partial charge on any atom is -0.380 e. The van der Waals surface area contributed by atoms with Crippen LogP contribution in [0.25, 0.3) is 0 Å². The summed E-state index contributed by atoms with van der Waals surface area (Å²) < 4.78 is 0. The summed E-state index contributed by atoms with van der Waals surface area (Å²) in [5.74, 6) is 0. The van der Waals surface area contributed by atoms with Crippen LogP contribution in [-0.2, 0) is 0 Å². The summed E-state index contributed by atoms with van der Waals surface area (Å²) in [5.41, 5.74) is 2.79. The van der Waals surface area contributed by atoms with E-state index in [2.05, 4.69) is 19.3 Å². The summed E-state index contributed by atoms with van der Waals surface area (Å²) in [6, 6.07) is 0.483. The third-order valence-electron chi connectivity index (χ3n) is 1.57. The molecule has 0 saturated heterocycles. The van der Waals surface area contributed by atoms with Crippen molar-refractivity contribution in [3.63, 3.8) is 0 Å². The summed E-state index contributed by atoms with van der Waals surface area (Å²) >= 11 is 0. The van der Waals surface area contributed by atoms with Crippen molar-refractivity contribution in [2.75, 3.05) is 13.8 Å². The van der Waals surface area contributed by atoms with Gasteiger partial charge in [0, 0.05) is 13.1 Å². The van der Waals surface area contributed by atoms with Crippen molar-refractivity contribution in [3.8, 4) is 0 Å². The van der Waals surface area contributed by atoms with Gasteiger partial charge in [-0.05, 0) is 13.3 Å². The van der Waals surface area contributed by atoms with Crippen molar-refractivity contribution in [3.05, 3.63) is 0 Å². The molecule has 0 rings (SSSR count). The van der Waals surface area contributed by atoms with E-state index in [0.29, 0.717) is 6.04 Å². The molecule has 0 spiro atoms. The van der Waals surface area contributed by atoms with Gasteiger partial charge < -0.3 is 5.11 Å². The molecule has 0 aromatic heterocycles. The molecular weight excluding hydrogens is 116 g/mol. The lowest BCUT2D eigenvalue weighted by Gasteiger charge is -2.22. The minimum atomic E-state index is 0.0147. The van der Waals surface area contributed by atoms with E-state index >= 15 is 0 Å². The smallest absolute Gasteiger partial charge is 0.106 e. The Morgan fingerprint density at radius 3 is 2.56 bits per heavy atom. The van der Waals surface area contributed by atoms with Crippen molar-refractivity contribution >= 4 is 0 Å². The highest BCUT2D eigenvalue weighted by atomic mass is 16.3. The van der Waals surface area contributed by atoms with E-state index in [1.807, 2.05) is 12.1 Å². The average molecular weight is 132 g/mol. The van der Waals surface area contributed by atoms with Crippen LogP contribution >= 0.6 is 0 Å². The molecule has 3 heteroatoms. The summed E-state index contributed by atoms with van der Waals surface area (Å²) in [5, 5.41) is 10.3. The van der Waals surface area contributed by atoms with Gasteiger partial charge in [0.15, 0.2) is 0 Å². The lowest BCUT2D eigenvalue weighted by atomic mass is 10.3. The summed E-state index contributed by atoms with van der Waals surface area (Å²) in [7, 11) is 1.92. The normalized spacial score (nSPS) is 14.3. The van der Waals surface area contributed by atoms with Crippen LogP contribution in [0.4, 0.5) is 0 Å². The zero-order valence-corrected chi connectivity index (χ0v) is 6.39. The molecule has 0 aliphatic rings. The van der Waals surface area contributed by atoms with E-state index in [0.717, 1.165) is 6.42 Å². The van der Waals surface area contributed by atoms with Gasteiger partial charge in [-0.15, -0.1) is 0 Å². The molecule has 0 bridgehead atoms. The molecule has 0 aliphatic carbocycles. The first kappa shape index (κ1) is 8.88. The van der Waals surface area contributed by atoms with E-state index in [9.17, 15) is 0 Å². The van der Waals surface area contributed by atoms with Crippen molar-refractivity contribution in [2.45, 2.75) is 26.3 Å². The van der Waals surface area contributed by atoms with E-state index in [4.69, 9.17) is 5.11 Å². The molecule has 0 amide bonds. The zero-order chi connectivity index (χ0) is 7.28. The van der Waals surface area contributed by atoms with Crippen molar-refractivity contribution in [2.24, 2.45) is 0 Å². The number of aliphatic hydroxyl groups is 1. The van der Waals surface area contributed by atoms with Crippen LogP contribution in [0.2, 0.25) is 0 Å². The highest BCUT2D eigenvalue weighted by Crippen LogP contribution is 1.94. The molecule has 2 N–H and O–H groups in total. The van der Waals surface area contributed by atoms with Gasteiger partial charge in [0.25, 0.3) is 0 Å². The highest BCUT2D eigenvalue weighted by Gasteiger charge is 2.02. The minimum absolute atomic E-state index is 0.0147. The molecule has 56 valence electrons. The molecule has 0 radical (unpaired) electrons. The number of hydrazine groups is 1. The topological polar surface area (TPSA) is 35.5 Å². The molecule has 0 aromatic carbocycles. The Bertz CT molecular complexity index is 68.1. The van der Waals surface area contributed by atoms with Crippen molar-refractivity contribution in [1.82, 2.24) is 10.4 Å². The van der Waals surface area contributed by atoms with Gasteiger partial charge in [-0.1, -0.05) is 6.92 Å². The molecule has 3 nitrogen and oxygen atoms in total. The van der Waals surface area contributed by atoms with E-state index < -0.39 is 0 Å². The van der Waals surface area contributed by atoms with E-state index in [1.165, 1.54) is 0 Å². The summed E-state index contributed by atoms with van der Waals surface area (Å²) in [4.78, 5) is 0. The summed E-state index contributed by atoms with van der Waals surface area (Å²) in [6.45, 7) is 4.23. The van der Waals surface area contributed by atoms with E-state index in [1.54, 1.807) is 0 Å². The fourth-order valence-electron chi connectivity index (χ4n) is 0.541. The number of aliphatic hydroxyl groups excluding tert-OH is 1.